The molecule has 0 spiro atoms. The van der Waals surface area contributed by atoms with E-state index < -0.39 is 0 Å². The van der Waals surface area contributed by atoms with E-state index >= 15 is 0 Å². The summed E-state index contributed by atoms with van der Waals surface area (Å²) in [5, 5.41) is 5.82. The Balaban J connectivity index is 2.07. The molecular formula is C14H21N3S. The second kappa shape index (κ2) is 6.25. The summed E-state index contributed by atoms with van der Waals surface area (Å²) in [7, 11) is 1.99. The Morgan fingerprint density at radius 3 is 2.94 bits per heavy atom. The molecule has 18 heavy (non-hydrogen) atoms. The van der Waals surface area contributed by atoms with Crippen molar-refractivity contribution in [1.29, 1.82) is 0 Å². The quantitative estimate of drug-likeness (QED) is 0.815. The van der Waals surface area contributed by atoms with Gasteiger partial charge in [0.25, 0.3) is 0 Å². The van der Waals surface area contributed by atoms with Crippen LogP contribution in [-0.4, -0.2) is 27.3 Å². The lowest BCUT2D eigenvalue weighted by Crippen LogP contribution is -2.26. The maximum atomic E-state index is 6.18. The highest BCUT2D eigenvalue weighted by Crippen LogP contribution is 2.19. The van der Waals surface area contributed by atoms with Crippen molar-refractivity contribution in [3.63, 3.8) is 0 Å². The largest absolute Gasteiger partial charge is 0.327 e. The van der Waals surface area contributed by atoms with Gasteiger partial charge in [-0.05, 0) is 18.2 Å². The molecular weight excluding hydrogens is 242 g/mol. The zero-order valence-electron chi connectivity index (χ0n) is 11.1. The van der Waals surface area contributed by atoms with Crippen LogP contribution < -0.4 is 5.73 Å². The lowest BCUT2D eigenvalue weighted by molar-refractivity contribution is 0.699. The molecule has 0 aliphatic carbocycles. The van der Waals surface area contributed by atoms with Crippen LogP contribution in [0.15, 0.2) is 24.3 Å². The summed E-state index contributed by atoms with van der Waals surface area (Å²) < 4.78 is 1.94. The first-order valence-corrected chi connectivity index (χ1v) is 7.61. The number of hydrogen-bond donors (Lipinski definition) is 1. The van der Waals surface area contributed by atoms with Crippen LogP contribution in [0.2, 0.25) is 0 Å². The number of para-hydroxylation sites is 1. The number of rotatable bonds is 6. The summed E-state index contributed by atoms with van der Waals surface area (Å²) in [5.74, 6) is 2.20. The van der Waals surface area contributed by atoms with Crippen molar-refractivity contribution in [3.8, 4) is 0 Å². The zero-order chi connectivity index (χ0) is 13.0. The fourth-order valence-electron chi connectivity index (χ4n) is 2.13. The molecule has 0 aliphatic heterocycles. The standard InChI is InChI=1S/C14H21N3S/c1-3-8-18-10-11(15)9-13-12-6-4-5-7-14(12)17(2)16-13/h4-7,11H,3,8-10,15H2,1-2H3. The molecule has 3 nitrogen and oxygen atoms in total. The number of thioether (sulfide) groups is 1. The monoisotopic (exact) mass is 263 g/mol. The van der Waals surface area contributed by atoms with Gasteiger partial charge in [0, 0.05) is 30.6 Å². The predicted octanol–water partition coefficient (Wildman–Crippen LogP) is 2.59. The molecule has 1 heterocycles. The third-order valence-corrected chi connectivity index (χ3v) is 4.33. The normalized spacial score (nSPS) is 13.1. The molecule has 2 N–H and O–H groups in total. The molecule has 0 radical (unpaired) electrons. The van der Waals surface area contributed by atoms with Gasteiger partial charge < -0.3 is 5.73 Å². The highest BCUT2D eigenvalue weighted by molar-refractivity contribution is 7.99. The molecule has 0 aliphatic rings. The first-order valence-electron chi connectivity index (χ1n) is 6.46. The number of aromatic nitrogens is 2. The van der Waals surface area contributed by atoms with Crippen LogP contribution in [0.5, 0.6) is 0 Å². The fraction of sp³-hybridized carbons (Fsp3) is 0.500. The summed E-state index contributed by atoms with van der Waals surface area (Å²) in [4.78, 5) is 0. The highest BCUT2D eigenvalue weighted by atomic mass is 32.2. The van der Waals surface area contributed by atoms with Crippen LogP contribution in [-0.2, 0) is 13.5 Å². The number of fused-ring (bicyclic) bond motifs is 1. The van der Waals surface area contributed by atoms with Crippen molar-refractivity contribution in [2.45, 2.75) is 25.8 Å². The molecule has 1 unspecified atom stereocenters. The summed E-state index contributed by atoms with van der Waals surface area (Å²) in [6.07, 6.45) is 2.07. The molecule has 98 valence electrons. The lowest BCUT2D eigenvalue weighted by Gasteiger charge is -2.09. The molecule has 0 fully saturated rings. The van der Waals surface area contributed by atoms with E-state index in [1.54, 1.807) is 0 Å². The first kappa shape index (κ1) is 13.4. The average Bonchev–Trinajstić information content (AvgIpc) is 2.67. The third-order valence-electron chi connectivity index (χ3n) is 2.97. The Kier molecular flexibility index (Phi) is 4.66. The van der Waals surface area contributed by atoms with Crippen molar-refractivity contribution in [3.05, 3.63) is 30.0 Å². The number of nitrogens with zero attached hydrogens (tertiary/aromatic N) is 2. The second-order valence-corrected chi connectivity index (χ2v) is 5.78. The maximum absolute atomic E-state index is 6.18. The second-order valence-electron chi connectivity index (χ2n) is 4.63. The Morgan fingerprint density at radius 1 is 1.39 bits per heavy atom. The molecule has 1 aromatic carbocycles. The third kappa shape index (κ3) is 3.06. The van der Waals surface area contributed by atoms with E-state index in [1.807, 2.05) is 29.6 Å². The van der Waals surface area contributed by atoms with Crippen LogP contribution in [0.4, 0.5) is 0 Å². The molecule has 2 rings (SSSR count). The van der Waals surface area contributed by atoms with Crippen molar-refractivity contribution >= 4 is 22.7 Å². The van der Waals surface area contributed by atoms with E-state index in [9.17, 15) is 0 Å². The van der Waals surface area contributed by atoms with E-state index in [-0.39, 0.29) is 6.04 Å². The number of hydrogen-bond acceptors (Lipinski definition) is 3. The minimum atomic E-state index is 0.194. The Morgan fingerprint density at radius 2 is 2.17 bits per heavy atom. The predicted molar refractivity (Wildman–Crippen MR) is 80.0 cm³/mol. The average molecular weight is 263 g/mol. The van der Waals surface area contributed by atoms with Gasteiger partial charge in [-0.15, -0.1) is 0 Å². The van der Waals surface area contributed by atoms with Gasteiger partial charge >= 0.3 is 0 Å². The highest BCUT2D eigenvalue weighted by Gasteiger charge is 2.11. The van der Waals surface area contributed by atoms with E-state index in [0.29, 0.717) is 0 Å². The van der Waals surface area contributed by atoms with Gasteiger partial charge in [-0.25, -0.2) is 0 Å². The Hall–Kier alpha value is -1.00. The number of benzene rings is 1. The van der Waals surface area contributed by atoms with Gasteiger partial charge in [0.2, 0.25) is 0 Å². The van der Waals surface area contributed by atoms with Gasteiger partial charge in [0.1, 0.15) is 0 Å². The summed E-state index contributed by atoms with van der Waals surface area (Å²) in [6.45, 7) is 2.20. The molecule has 0 amide bonds. The molecule has 1 atom stereocenters. The van der Waals surface area contributed by atoms with Crippen molar-refractivity contribution in [1.82, 2.24) is 9.78 Å². The van der Waals surface area contributed by atoms with Crippen LogP contribution in [0.1, 0.15) is 19.0 Å². The van der Waals surface area contributed by atoms with Crippen molar-refractivity contribution in [2.24, 2.45) is 12.8 Å². The summed E-state index contributed by atoms with van der Waals surface area (Å²) in [6, 6.07) is 8.53. The minimum Gasteiger partial charge on any atom is -0.327 e. The summed E-state index contributed by atoms with van der Waals surface area (Å²) >= 11 is 1.93. The molecule has 0 bridgehead atoms. The van der Waals surface area contributed by atoms with Crippen LogP contribution in [0, 0.1) is 0 Å². The van der Waals surface area contributed by atoms with Gasteiger partial charge in [-0.3, -0.25) is 4.68 Å². The molecule has 0 saturated heterocycles. The van der Waals surface area contributed by atoms with Gasteiger partial charge in [0.15, 0.2) is 0 Å². The van der Waals surface area contributed by atoms with Crippen molar-refractivity contribution in [2.75, 3.05) is 11.5 Å². The van der Waals surface area contributed by atoms with Crippen LogP contribution in [0.3, 0.4) is 0 Å². The molecule has 2 aromatic rings. The Bertz CT molecular complexity index is 507. The van der Waals surface area contributed by atoms with Crippen molar-refractivity contribution < 1.29 is 0 Å². The van der Waals surface area contributed by atoms with E-state index in [0.717, 1.165) is 17.9 Å². The van der Waals surface area contributed by atoms with E-state index in [2.05, 4.69) is 30.2 Å². The zero-order valence-corrected chi connectivity index (χ0v) is 11.9. The molecule has 4 heteroatoms. The van der Waals surface area contributed by atoms with Crippen LogP contribution in [0.25, 0.3) is 10.9 Å². The van der Waals surface area contributed by atoms with Gasteiger partial charge in [-0.2, -0.15) is 16.9 Å². The maximum Gasteiger partial charge on any atom is 0.0718 e. The number of nitrogens with two attached hydrogens (primary N) is 1. The van der Waals surface area contributed by atoms with Gasteiger partial charge in [-0.1, -0.05) is 25.1 Å². The number of aryl methyl sites for hydroxylation is 1. The fourth-order valence-corrected chi connectivity index (χ4v) is 3.00. The first-order chi connectivity index (χ1) is 8.72. The SMILES string of the molecule is CCCSCC(N)Cc1nn(C)c2ccccc12. The summed E-state index contributed by atoms with van der Waals surface area (Å²) in [5.41, 5.74) is 8.48. The van der Waals surface area contributed by atoms with Gasteiger partial charge in [0.05, 0.1) is 11.2 Å². The lowest BCUT2D eigenvalue weighted by atomic mass is 10.1. The Labute approximate surface area is 113 Å². The topological polar surface area (TPSA) is 43.8 Å². The molecule has 1 aromatic heterocycles. The van der Waals surface area contributed by atoms with E-state index in [1.165, 1.54) is 23.1 Å². The smallest absolute Gasteiger partial charge is 0.0718 e. The van der Waals surface area contributed by atoms with Crippen LogP contribution >= 0.6 is 11.8 Å². The van der Waals surface area contributed by atoms with E-state index in [4.69, 9.17) is 5.73 Å². The minimum absolute atomic E-state index is 0.194. The molecule has 0 saturated carbocycles.